The Morgan fingerprint density at radius 2 is 1.11 bits per heavy atom. The summed E-state index contributed by atoms with van der Waals surface area (Å²) in [4.78, 5) is 17.8. The zero-order valence-corrected chi connectivity index (χ0v) is 13.2. The van der Waals surface area contributed by atoms with Gasteiger partial charge in [-0.15, -0.1) is 0 Å². The first kappa shape index (κ1) is 26.2. The molecule has 5 nitrogen and oxygen atoms in total. The molecule has 0 aliphatic rings. The number of carboxylic acid groups (broad SMARTS) is 2. The number of hydrogen-bond donors (Lipinski definition) is 0. The van der Waals surface area contributed by atoms with Crippen LogP contribution in [0.15, 0.2) is 0 Å². The molecular weight excluding hydrogens is 331 g/mol. The average Bonchev–Trinajstić information content (AvgIpc) is 2.16. The van der Waals surface area contributed by atoms with E-state index in [-0.39, 0.29) is 20.4 Å². The summed E-state index contributed by atoms with van der Waals surface area (Å²) in [6, 6.07) is 0. The van der Waals surface area contributed by atoms with Gasteiger partial charge in [0.15, 0.2) is 0 Å². The molecule has 18 heavy (non-hydrogen) atoms. The van der Waals surface area contributed by atoms with Gasteiger partial charge in [-0.2, -0.15) is 0 Å². The van der Waals surface area contributed by atoms with Crippen molar-refractivity contribution in [2.75, 3.05) is 13.2 Å². The van der Waals surface area contributed by atoms with Gasteiger partial charge in [0, 0.05) is 25.2 Å². The summed E-state index contributed by atoms with van der Waals surface area (Å²) in [6.45, 7) is 8.22. The zero-order chi connectivity index (χ0) is 14.1. The van der Waals surface area contributed by atoms with Gasteiger partial charge in [-0.25, -0.2) is 0 Å². The second-order valence-corrected chi connectivity index (χ2v) is 3.30. The Bertz CT molecular complexity index is 148. The number of unbranched alkanes of at least 4 members (excludes halogenated alkanes) is 2. The molecule has 0 fully saturated rings. The average molecular weight is 355 g/mol. The van der Waals surface area contributed by atoms with Gasteiger partial charge in [0.1, 0.15) is 0 Å². The van der Waals surface area contributed by atoms with Crippen molar-refractivity contribution in [2.45, 2.75) is 53.4 Å². The van der Waals surface area contributed by atoms with Crippen LogP contribution >= 0.6 is 0 Å². The molecule has 0 aromatic carbocycles. The Morgan fingerprint density at radius 1 is 0.889 bits per heavy atom. The van der Waals surface area contributed by atoms with Crippen LogP contribution in [0.5, 0.6) is 0 Å². The molecule has 0 N–H and O–H groups in total. The van der Waals surface area contributed by atoms with Crippen molar-refractivity contribution in [1.29, 1.82) is 0 Å². The van der Waals surface area contributed by atoms with Crippen molar-refractivity contribution >= 4 is 11.9 Å². The number of aliphatic carboxylic acids is 2. The Labute approximate surface area is 124 Å². The molecule has 0 bridgehead atoms. The van der Waals surface area contributed by atoms with E-state index in [2.05, 4.69) is 13.8 Å². The predicted molar refractivity (Wildman–Crippen MR) is 62.0 cm³/mol. The van der Waals surface area contributed by atoms with Gasteiger partial charge in [0.2, 0.25) is 0 Å². The Hall–Kier alpha value is -0.438. The fourth-order valence-corrected chi connectivity index (χ4v) is 0.595. The maximum Gasteiger partial charge on any atom is 2.00 e. The van der Waals surface area contributed by atoms with E-state index in [0.29, 0.717) is 0 Å². The molecule has 0 unspecified atom stereocenters. The van der Waals surface area contributed by atoms with Crippen LogP contribution in [0, 0.1) is 0 Å². The summed E-state index contributed by atoms with van der Waals surface area (Å²) in [6.07, 6.45) is 4.91. The number of rotatable bonds is 6. The molecule has 0 saturated carbocycles. The number of carboxylic acids is 2. The third kappa shape index (κ3) is 107. The van der Waals surface area contributed by atoms with Crippen LogP contribution in [0.2, 0.25) is 0 Å². The van der Waals surface area contributed by atoms with Crippen molar-refractivity contribution in [3.8, 4) is 0 Å². The first-order chi connectivity index (χ1) is 7.88. The predicted octanol–water partition coefficient (Wildman–Crippen LogP) is 0.113. The minimum atomic E-state index is -1.08. The minimum absolute atomic E-state index is 0. The molecule has 0 spiro atoms. The smallest absolute Gasteiger partial charge is 0.550 e. The van der Waals surface area contributed by atoms with Crippen LogP contribution in [0.4, 0.5) is 0 Å². The Morgan fingerprint density at radius 3 is 1.28 bits per heavy atom. The maximum atomic E-state index is 8.89. The van der Waals surface area contributed by atoms with E-state index in [1.54, 1.807) is 0 Å². The molecule has 0 aliphatic heterocycles. The fraction of sp³-hybridized carbons (Fsp3) is 0.833. The van der Waals surface area contributed by atoms with Crippen LogP contribution in [0.3, 0.4) is 0 Å². The van der Waals surface area contributed by atoms with E-state index in [1.807, 2.05) is 0 Å². The fourth-order valence-electron chi connectivity index (χ4n) is 0.595. The SMILES string of the molecule is CC(=O)[O-].CC(=O)[O-].CCCCOCCCC.[Pd+2]. The number of ether oxygens (including phenoxy) is 1. The first-order valence-corrected chi connectivity index (χ1v) is 5.81. The van der Waals surface area contributed by atoms with E-state index in [1.165, 1.54) is 25.7 Å². The van der Waals surface area contributed by atoms with E-state index >= 15 is 0 Å². The standard InChI is InChI=1S/C8H18O.2C2H4O2.Pd/c1-3-5-7-9-8-6-4-2;2*1-2(3)4;/h3-8H2,1-2H3;2*1H3,(H,3,4);/q;;;+2/p-2. The quantitative estimate of drug-likeness (QED) is 0.499. The van der Waals surface area contributed by atoms with Crippen LogP contribution in [0.25, 0.3) is 0 Å². The van der Waals surface area contributed by atoms with Crippen LogP contribution in [-0.4, -0.2) is 25.2 Å². The monoisotopic (exact) mass is 354 g/mol. The molecule has 0 heterocycles. The van der Waals surface area contributed by atoms with E-state index in [9.17, 15) is 0 Å². The molecule has 0 radical (unpaired) electrons. The van der Waals surface area contributed by atoms with Crippen LogP contribution in [0.1, 0.15) is 53.4 Å². The number of carbonyl (C=O) groups is 2. The van der Waals surface area contributed by atoms with E-state index < -0.39 is 11.9 Å². The number of hydrogen-bond acceptors (Lipinski definition) is 5. The number of carbonyl (C=O) groups excluding carboxylic acids is 2. The summed E-state index contributed by atoms with van der Waals surface area (Å²) in [5.74, 6) is -2.17. The second kappa shape index (κ2) is 25.4. The third-order valence-electron chi connectivity index (χ3n) is 1.28. The second-order valence-electron chi connectivity index (χ2n) is 3.30. The van der Waals surface area contributed by atoms with Crippen molar-refractivity contribution in [1.82, 2.24) is 0 Å². The normalized spacial score (nSPS) is 7.78. The summed E-state index contributed by atoms with van der Waals surface area (Å²) >= 11 is 0. The molecule has 6 heteroatoms. The molecule has 0 aromatic rings. The maximum absolute atomic E-state index is 8.89. The molecule has 0 atom stereocenters. The van der Waals surface area contributed by atoms with Crippen molar-refractivity contribution in [3.05, 3.63) is 0 Å². The molecular formula is C12H24O5Pd. The minimum Gasteiger partial charge on any atom is -0.550 e. The first-order valence-electron chi connectivity index (χ1n) is 5.81. The molecule has 0 amide bonds. The summed E-state index contributed by atoms with van der Waals surface area (Å²) in [7, 11) is 0. The van der Waals surface area contributed by atoms with Gasteiger partial charge in [-0.3, -0.25) is 0 Å². The Balaban J connectivity index is -0.0000000922. The molecule has 0 aliphatic carbocycles. The third-order valence-corrected chi connectivity index (χ3v) is 1.28. The summed E-state index contributed by atoms with van der Waals surface area (Å²) in [5.41, 5.74) is 0. The molecule has 0 saturated heterocycles. The van der Waals surface area contributed by atoms with Crippen molar-refractivity contribution in [3.63, 3.8) is 0 Å². The van der Waals surface area contributed by atoms with E-state index in [0.717, 1.165) is 27.1 Å². The van der Waals surface area contributed by atoms with Gasteiger partial charge in [-0.1, -0.05) is 26.7 Å². The van der Waals surface area contributed by atoms with Crippen molar-refractivity contribution < 1.29 is 45.0 Å². The Kier molecular flexibility index (Phi) is 37.0. The van der Waals surface area contributed by atoms with Crippen LogP contribution < -0.4 is 10.2 Å². The summed E-state index contributed by atoms with van der Waals surface area (Å²) < 4.78 is 5.31. The van der Waals surface area contributed by atoms with Crippen molar-refractivity contribution in [2.24, 2.45) is 0 Å². The molecule has 0 aromatic heterocycles. The molecule has 0 rings (SSSR count). The van der Waals surface area contributed by atoms with Gasteiger partial charge in [-0.05, 0) is 26.7 Å². The van der Waals surface area contributed by atoms with Gasteiger partial charge in [0.05, 0.1) is 0 Å². The van der Waals surface area contributed by atoms with Crippen LogP contribution in [-0.2, 0) is 34.7 Å². The van der Waals surface area contributed by atoms with Gasteiger partial charge in [0.25, 0.3) is 0 Å². The largest absolute Gasteiger partial charge is 2.00 e. The summed E-state index contributed by atoms with van der Waals surface area (Å²) in [5, 5.41) is 17.8. The topological polar surface area (TPSA) is 89.5 Å². The van der Waals surface area contributed by atoms with E-state index in [4.69, 9.17) is 24.5 Å². The van der Waals surface area contributed by atoms with Gasteiger partial charge >= 0.3 is 20.4 Å². The zero-order valence-electron chi connectivity index (χ0n) is 11.6. The van der Waals surface area contributed by atoms with Gasteiger partial charge < -0.3 is 24.5 Å². The molecule has 112 valence electrons.